The number of benzene rings is 2. The molecule has 33 heavy (non-hydrogen) atoms. The summed E-state index contributed by atoms with van der Waals surface area (Å²) >= 11 is 0. The molecule has 8 nitrogen and oxygen atoms in total. The third kappa shape index (κ3) is 7.54. The second kappa shape index (κ2) is 11.8. The Kier molecular flexibility index (Phi) is 8.79. The molecule has 0 radical (unpaired) electrons. The molecule has 1 amide bonds. The van der Waals surface area contributed by atoms with Gasteiger partial charge in [0.15, 0.2) is 0 Å². The van der Waals surface area contributed by atoms with Crippen LogP contribution in [0.5, 0.6) is 0 Å². The van der Waals surface area contributed by atoms with E-state index in [-0.39, 0.29) is 5.75 Å². The van der Waals surface area contributed by atoms with E-state index in [1.54, 1.807) is 11.6 Å². The fraction of sp³-hybridized carbons (Fsp3) is 0.292. The summed E-state index contributed by atoms with van der Waals surface area (Å²) in [4.78, 5) is 16.7. The number of hydrogen-bond acceptors (Lipinski definition) is 5. The van der Waals surface area contributed by atoms with Crippen LogP contribution in [0.3, 0.4) is 0 Å². The van der Waals surface area contributed by atoms with Crippen LogP contribution in [-0.4, -0.2) is 55.3 Å². The monoisotopic (exact) mass is 470 g/mol. The molecular weight excluding hydrogens is 440 g/mol. The maximum atomic E-state index is 11.8. The Morgan fingerprint density at radius 2 is 1.88 bits per heavy atom. The minimum absolute atomic E-state index is 0.0870. The number of hydroxylamine groups is 1. The molecule has 0 unspecified atom stereocenters. The summed E-state index contributed by atoms with van der Waals surface area (Å²) in [5.41, 5.74) is 5.84. The fourth-order valence-corrected chi connectivity index (χ4v) is 4.38. The average Bonchev–Trinajstić information content (AvgIpc) is 3.24. The number of fused-ring (bicyclic) bond motifs is 1. The number of hydrogen-bond donors (Lipinski definition) is 4. The van der Waals surface area contributed by atoms with Crippen molar-refractivity contribution < 1.29 is 18.4 Å². The maximum absolute atomic E-state index is 11.8. The maximum Gasteiger partial charge on any atom is 0.267 e. The van der Waals surface area contributed by atoms with Crippen molar-refractivity contribution in [3.8, 4) is 0 Å². The summed E-state index contributed by atoms with van der Waals surface area (Å²) in [5, 5.41) is 9.78. The van der Waals surface area contributed by atoms with Gasteiger partial charge in [-0.25, -0.2) is 18.6 Å². The van der Waals surface area contributed by atoms with Gasteiger partial charge in [0.2, 0.25) is 10.0 Å². The van der Waals surface area contributed by atoms with Gasteiger partial charge in [-0.05, 0) is 55.3 Å². The van der Waals surface area contributed by atoms with Crippen molar-refractivity contribution in [2.45, 2.75) is 19.4 Å². The first-order chi connectivity index (χ1) is 15.9. The molecule has 4 N–H and O–H groups in total. The van der Waals surface area contributed by atoms with Crippen LogP contribution >= 0.6 is 0 Å². The molecule has 1 heterocycles. The van der Waals surface area contributed by atoms with Gasteiger partial charge in [0.05, 0.1) is 5.75 Å². The smallest absolute Gasteiger partial charge is 0.267 e. The lowest BCUT2D eigenvalue weighted by atomic mass is 10.1. The number of rotatable bonds is 12. The first kappa shape index (κ1) is 24.7. The average molecular weight is 471 g/mol. The van der Waals surface area contributed by atoms with Crippen molar-refractivity contribution in [2.75, 3.05) is 25.9 Å². The van der Waals surface area contributed by atoms with Crippen LogP contribution in [-0.2, 0) is 27.8 Å². The Morgan fingerprint density at radius 1 is 1.12 bits per heavy atom. The topological polar surface area (TPSA) is 115 Å². The van der Waals surface area contributed by atoms with Gasteiger partial charge in [-0.15, -0.1) is 0 Å². The third-order valence-corrected chi connectivity index (χ3v) is 6.94. The predicted octanol–water partition coefficient (Wildman–Crippen LogP) is 2.67. The Bertz CT molecular complexity index is 1190. The van der Waals surface area contributed by atoms with Crippen molar-refractivity contribution in [2.24, 2.45) is 0 Å². The third-order valence-electron chi connectivity index (χ3n) is 5.49. The summed E-state index contributed by atoms with van der Waals surface area (Å²) in [6.07, 6.45) is 6.30. The molecule has 0 bridgehead atoms. The number of aromatic amines is 1. The number of sulfonamides is 1. The molecule has 0 aliphatic rings. The molecule has 3 aromatic rings. The van der Waals surface area contributed by atoms with Crippen LogP contribution in [0.15, 0.2) is 60.8 Å². The van der Waals surface area contributed by atoms with Crippen LogP contribution < -0.4 is 10.2 Å². The Hall–Kier alpha value is -2.98. The van der Waals surface area contributed by atoms with E-state index in [4.69, 9.17) is 5.21 Å². The van der Waals surface area contributed by atoms with E-state index < -0.39 is 15.9 Å². The number of carbonyl (C=O) groups is 1. The van der Waals surface area contributed by atoms with Crippen molar-refractivity contribution in [1.29, 1.82) is 0 Å². The number of para-hydroxylation sites is 1. The Labute approximate surface area is 194 Å². The van der Waals surface area contributed by atoms with E-state index in [9.17, 15) is 13.2 Å². The van der Waals surface area contributed by atoms with Crippen LogP contribution in [0.4, 0.5) is 0 Å². The second-order valence-corrected chi connectivity index (χ2v) is 9.86. The predicted molar refractivity (Wildman–Crippen MR) is 130 cm³/mol. The zero-order valence-corrected chi connectivity index (χ0v) is 19.4. The molecule has 0 aliphatic carbocycles. The minimum Gasteiger partial charge on any atom is -0.361 e. The molecule has 1 aromatic heterocycles. The molecular formula is C24H30N4O4S. The molecule has 0 spiro atoms. The highest BCUT2D eigenvalue weighted by molar-refractivity contribution is 7.89. The van der Waals surface area contributed by atoms with Gasteiger partial charge in [-0.2, -0.15) is 0 Å². The van der Waals surface area contributed by atoms with E-state index in [2.05, 4.69) is 26.7 Å². The van der Waals surface area contributed by atoms with E-state index in [0.29, 0.717) is 19.5 Å². The lowest BCUT2D eigenvalue weighted by Gasteiger charge is -2.22. The number of nitrogens with one attached hydrogen (secondary N) is 3. The Morgan fingerprint density at radius 3 is 2.61 bits per heavy atom. The molecule has 9 heteroatoms. The molecule has 3 rings (SSSR count). The van der Waals surface area contributed by atoms with E-state index in [1.165, 1.54) is 24.1 Å². The van der Waals surface area contributed by atoms with Gasteiger partial charge in [-0.3, -0.25) is 14.9 Å². The first-order valence-electron chi connectivity index (χ1n) is 10.8. The van der Waals surface area contributed by atoms with Crippen LogP contribution in [0.2, 0.25) is 0 Å². The molecule has 0 fully saturated rings. The molecule has 0 saturated heterocycles. The van der Waals surface area contributed by atoms with Gasteiger partial charge in [-0.1, -0.05) is 42.5 Å². The van der Waals surface area contributed by atoms with Gasteiger partial charge in [0.1, 0.15) is 0 Å². The second-order valence-electron chi connectivity index (χ2n) is 7.81. The van der Waals surface area contributed by atoms with Gasteiger partial charge in [0.25, 0.3) is 5.91 Å². The SMILES string of the molecule is CNS(=O)(=O)CCCN(CCc1c[nH]c2ccccc12)Cc1ccc(/C=C/C(=O)NO)cc1. The molecule has 0 atom stereocenters. The Balaban J connectivity index is 1.66. The lowest BCUT2D eigenvalue weighted by Crippen LogP contribution is -2.30. The molecule has 0 aliphatic heterocycles. The number of aromatic nitrogens is 1. The summed E-state index contributed by atoms with van der Waals surface area (Å²) in [5.74, 6) is -0.497. The van der Waals surface area contributed by atoms with E-state index in [1.807, 2.05) is 42.6 Å². The number of H-pyrrole nitrogens is 1. The summed E-state index contributed by atoms with van der Waals surface area (Å²) in [6.45, 7) is 2.13. The van der Waals surface area contributed by atoms with Gasteiger partial charge >= 0.3 is 0 Å². The summed E-state index contributed by atoms with van der Waals surface area (Å²) < 4.78 is 26.0. The van der Waals surface area contributed by atoms with Crippen molar-refractivity contribution in [1.82, 2.24) is 20.1 Å². The zero-order valence-electron chi connectivity index (χ0n) is 18.6. The van der Waals surface area contributed by atoms with E-state index >= 15 is 0 Å². The quantitative estimate of drug-likeness (QED) is 0.185. The van der Waals surface area contributed by atoms with Gasteiger partial charge < -0.3 is 4.98 Å². The van der Waals surface area contributed by atoms with Crippen LogP contribution in [0, 0.1) is 0 Å². The van der Waals surface area contributed by atoms with Crippen molar-refractivity contribution >= 4 is 32.9 Å². The summed E-state index contributed by atoms with van der Waals surface area (Å²) in [7, 11) is -1.80. The molecule has 0 saturated carbocycles. The lowest BCUT2D eigenvalue weighted by molar-refractivity contribution is -0.124. The van der Waals surface area contributed by atoms with E-state index in [0.717, 1.165) is 29.6 Å². The highest BCUT2D eigenvalue weighted by Crippen LogP contribution is 2.19. The number of amides is 1. The normalized spacial score (nSPS) is 12.1. The largest absolute Gasteiger partial charge is 0.361 e. The number of nitrogens with zero attached hydrogens (tertiary/aromatic N) is 1. The molecule has 176 valence electrons. The minimum atomic E-state index is -3.24. The fourth-order valence-electron chi connectivity index (χ4n) is 3.67. The van der Waals surface area contributed by atoms with Gasteiger partial charge in [0, 0.05) is 36.3 Å². The van der Waals surface area contributed by atoms with Crippen LogP contribution in [0.25, 0.3) is 17.0 Å². The highest BCUT2D eigenvalue weighted by atomic mass is 32.2. The zero-order chi connectivity index (χ0) is 23.7. The first-order valence-corrected chi connectivity index (χ1v) is 12.4. The summed E-state index contributed by atoms with van der Waals surface area (Å²) in [6, 6.07) is 16.0. The number of carbonyl (C=O) groups excluding carboxylic acids is 1. The highest BCUT2D eigenvalue weighted by Gasteiger charge is 2.12. The van der Waals surface area contributed by atoms with Crippen molar-refractivity contribution in [3.63, 3.8) is 0 Å². The molecule has 2 aromatic carbocycles. The van der Waals surface area contributed by atoms with Crippen molar-refractivity contribution in [3.05, 3.63) is 77.5 Å². The standard InChI is InChI=1S/C24H30N4O4S/c1-25-33(31,32)16-4-14-28(15-13-21-17-26-23-6-3-2-5-22(21)23)18-20-9-7-19(8-10-20)11-12-24(29)27-30/h2-3,5-12,17,25-26,30H,4,13-16,18H2,1H3,(H,27,29)/b12-11+. The van der Waals surface area contributed by atoms with Crippen LogP contribution in [0.1, 0.15) is 23.1 Å².